The van der Waals surface area contributed by atoms with Crippen LogP contribution < -0.4 is 0 Å². The van der Waals surface area contributed by atoms with Gasteiger partial charge in [0.2, 0.25) is 5.78 Å². The summed E-state index contributed by atoms with van der Waals surface area (Å²) in [4.78, 5) is 4.40. The molecule has 104 valence electrons. The highest BCUT2D eigenvalue weighted by Gasteiger charge is 2.17. The van der Waals surface area contributed by atoms with Gasteiger partial charge in [0.25, 0.3) is 0 Å². The molecule has 0 fully saturated rings. The van der Waals surface area contributed by atoms with E-state index in [-0.39, 0.29) is 0 Å². The summed E-state index contributed by atoms with van der Waals surface area (Å²) in [6.45, 7) is 3.10. The molecule has 0 saturated heterocycles. The van der Waals surface area contributed by atoms with Crippen molar-refractivity contribution in [3.63, 3.8) is 0 Å². The predicted molar refractivity (Wildman–Crippen MR) is 82.0 cm³/mol. The van der Waals surface area contributed by atoms with Crippen LogP contribution in [0.15, 0.2) is 48.7 Å². The molecule has 4 rings (SSSR count). The molecule has 0 aliphatic rings. The molecule has 0 aliphatic carbocycles. The van der Waals surface area contributed by atoms with Crippen LogP contribution in [0.1, 0.15) is 13.3 Å². The molecule has 1 aromatic carbocycles. The molecule has 0 N–H and O–H groups in total. The number of aryl methyl sites for hydroxylation is 1. The van der Waals surface area contributed by atoms with Crippen LogP contribution >= 0.6 is 0 Å². The summed E-state index contributed by atoms with van der Waals surface area (Å²) in [5, 5.41) is 8.73. The third-order valence-corrected chi connectivity index (χ3v) is 3.64. The van der Waals surface area contributed by atoms with Gasteiger partial charge in [-0.05, 0) is 30.7 Å². The van der Waals surface area contributed by atoms with Crippen molar-refractivity contribution < 1.29 is 0 Å². The van der Waals surface area contributed by atoms with Gasteiger partial charge in [0.15, 0.2) is 5.82 Å². The van der Waals surface area contributed by atoms with Gasteiger partial charge in [0.1, 0.15) is 5.69 Å². The van der Waals surface area contributed by atoms with Crippen LogP contribution in [0.2, 0.25) is 0 Å². The fourth-order valence-electron chi connectivity index (χ4n) is 2.77. The first kappa shape index (κ1) is 12.1. The SMILES string of the molecule is CCCn1c2ccccc2n2c(-c3ccccn3)nnc12. The molecule has 4 aromatic rings. The van der Waals surface area contributed by atoms with Crippen LogP contribution in [-0.4, -0.2) is 24.1 Å². The van der Waals surface area contributed by atoms with Gasteiger partial charge in [-0.2, -0.15) is 0 Å². The Kier molecular flexibility index (Phi) is 2.70. The van der Waals surface area contributed by atoms with Crippen LogP contribution in [0, 0.1) is 0 Å². The number of hydrogen-bond donors (Lipinski definition) is 0. The first-order chi connectivity index (χ1) is 10.4. The fraction of sp³-hybridized carbons (Fsp3) is 0.188. The second-order valence-corrected chi connectivity index (χ2v) is 5.01. The second kappa shape index (κ2) is 4.70. The summed E-state index contributed by atoms with van der Waals surface area (Å²) >= 11 is 0. The van der Waals surface area contributed by atoms with E-state index in [1.165, 1.54) is 5.52 Å². The molecule has 21 heavy (non-hydrogen) atoms. The normalized spacial score (nSPS) is 11.5. The molecule has 5 heteroatoms. The Morgan fingerprint density at radius 2 is 1.76 bits per heavy atom. The highest BCUT2D eigenvalue weighted by Crippen LogP contribution is 2.25. The van der Waals surface area contributed by atoms with E-state index < -0.39 is 0 Å². The van der Waals surface area contributed by atoms with E-state index in [0.29, 0.717) is 0 Å². The standard InChI is InChI=1S/C16H15N5/c1-2-11-20-13-8-3-4-9-14(13)21-15(18-19-16(20)21)12-7-5-6-10-17-12/h3-10H,2,11H2,1H3. The summed E-state index contributed by atoms with van der Waals surface area (Å²) < 4.78 is 4.31. The summed E-state index contributed by atoms with van der Waals surface area (Å²) in [6, 6.07) is 14.2. The number of benzene rings is 1. The Balaban J connectivity index is 2.10. The topological polar surface area (TPSA) is 48.0 Å². The van der Waals surface area contributed by atoms with Crippen LogP contribution in [-0.2, 0) is 6.54 Å². The molecule has 0 bridgehead atoms. The Hall–Kier alpha value is -2.69. The summed E-state index contributed by atoms with van der Waals surface area (Å²) in [7, 11) is 0. The minimum atomic E-state index is 0.789. The fourth-order valence-corrected chi connectivity index (χ4v) is 2.77. The van der Waals surface area contributed by atoms with E-state index in [1.807, 2.05) is 24.3 Å². The predicted octanol–water partition coefficient (Wildman–Crippen LogP) is 3.16. The lowest BCUT2D eigenvalue weighted by atomic mass is 10.3. The Morgan fingerprint density at radius 3 is 2.52 bits per heavy atom. The number of fused-ring (bicyclic) bond motifs is 3. The molecular formula is C16H15N5. The van der Waals surface area contributed by atoms with Crippen molar-refractivity contribution >= 4 is 16.8 Å². The van der Waals surface area contributed by atoms with Crippen molar-refractivity contribution in [2.75, 3.05) is 0 Å². The zero-order valence-electron chi connectivity index (χ0n) is 11.8. The van der Waals surface area contributed by atoms with Crippen molar-refractivity contribution in [2.24, 2.45) is 0 Å². The minimum absolute atomic E-state index is 0.789. The van der Waals surface area contributed by atoms with Crippen molar-refractivity contribution in [1.82, 2.24) is 24.1 Å². The number of rotatable bonds is 3. The molecule has 0 unspecified atom stereocenters. The molecule has 3 aromatic heterocycles. The first-order valence-corrected chi connectivity index (χ1v) is 7.14. The van der Waals surface area contributed by atoms with Gasteiger partial charge in [-0.1, -0.05) is 25.1 Å². The van der Waals surface area contributed by atoms with Gasteiger partial charge in [-0.15, -0.1) is 10.2 Å². The lowest BCUT2D eigenvalue weighted by Crippen LogP contribution is -1.97. The average Bonchev–Trinajstić information content (AvgIpc) is 3.09. The van der Waals surface area contributed by atoms with Crippen LogP contribution in [0.4, 0.5) is 0 Å². The Morgan fingerprint density at radius 1 is 0.952 bits per heavy atom. The number of para-hydroxylation sites is 2. The van der Waals surface area contributed by atoms with Crippen LogP contribution in [0.5, 0.6) is 0 Å². The van der Waals surface area contributed by atoms with Crippen molar-refractivity contribution in [3.05, 3.63) is 48.7 Å². The van der Waals surface area contributed by atoms with E-state index >= 15 is 0 Å². The third-order valence-electron chi connectivity index (χ3n) is 3.64. The summed E-state index contributed by atoms with van der Waals surface area (Å²) in [5.74, 6) is 1.66. The number of aromatic nitrogens is 5. The van der Waals surface area contributed by atoms with Gasteiger partial charge in [0, 0.05) is 12.7 Å². The van der Waals surface area contributed by atoms with E-state index in [0.717, 1.165) is 35.8 Å². The quantitative estimate of drug-likeness (QED) is 0.578. The maximum absolute atomic E-state index is 4.40. The van der Waals surface area contributed by atoms with Gasteiger partial charge >= 0.3 is 0 Å². The molecule has 3 heterocycles. The Bertz CT molecular complexity index is 904. The van der Waals surface area contributed by atoms with Crippen molar-refractivity contribution in [1.29, 1.82) is 0 Å². The average molecular weight is 277 g/mol. The molecule has 0 aliphatic heterocycles. The molecule has 0 atom stereocenters. The molecule has 0 spiro atoms. The molecular weight excluding hydrogens is 262 g/mol. The van der Waals surface area contributed by atoms with Gasteiger partial charge < -0.3 is 4.57 Å². The lowest BCUT2D eigenvalue weighted by molar-refractivity contribution is 0.710. The maximum atomic E-state index is 4.40. The monoisotopic (exact) mass is 277 g/mol. The highest BCUT2D eigenvalue weighted by molar-refractivity contribution is 5.82. The molecule has 0 radical (unpaired) electrons. The van der Waals surface area contributed by atoms with E-state index in [1.54, 1.807) is 6.20 Å². The second-order valence-electron chi connectivity index (χ2n) is 5.01. The van der Waals surface area contributed by atoms with Gasteiger partial charge in [-0.3, -0.25) is 9.38 Å². The zero-order chi connectivity index (χ0) is 14.2. The first-order valence-electron chi connectivity index (χ1n) is 7.14. The van der Waals surface area contributed by atoms with Crippen LogP contribution in [0.3, 0.4) is 0 Å². The van der Waals surface area contributed by atoms with E-state index in [2.05, 4.69) is 49.3 Å². The summed E-state index contributed by atoms with van der Waals surface area (Å²) in [6.07, 6.45) is 2.84. The molecule has 0 saturated carbocycles. The zero-order valence-corrected chi connectivity index (χ0v) is 11.8. The van der Waals surface area contributed by atoms with Gasteiger partial charge in [-0.25, -0.2) is 0 Å². The smallest absolute Gasteiger partial charge is 0.236 e. The molecule has 0 amide bonds. The van der Waals surface area contributed by atoms with Crippen LogP contribution in [0.25, 0.3) is 28.3 Å². The highest BCUT2D eigenvalue weighted by atomic mass is 15.3. The molecule has 5 nitrogen and oxygen atoms in total. The van der Waals surface area contributed by atoms with Gasteiger partial charge in [0.05, 0.1) is 11.0 Å². The number of pyridine rings is 1. The summed E-state index contributed by atoms with van der Waals surface area (Å²) in [5.41, 5.74) is 3.14. The number of nitrogens with zero attached hydrogens (tertiary/aromatic N) is 5. The van der Waals surface area contributed by atoms with E-state index in [4.69, 9.17) is 0 Å². The van der Waals surface area contributed by atoms with Crippen molar-refractivity contribution in [2.45, 2.75) is 19.9 Å². The minimum Gasteiger partial charge on any atom is -0.308 e. The lowest BCUT2D eigenvalue weighted by Gasteiger charge is -2.00. The number of imidazole rings is 1. The van der Waals surface area contributed by atoms with E-state index in [9.17, 15) is 0 Å². The largest absolute Gasteiger partial charge is 0.308 e. The maximum Gasteiger partial charge on any atom is 0.236 e. The number of hydrogen-bond acceptors (Lipinski definition) is 3. The third kappa shape index (κ3) is 1.74. The Labute approximate surface area is 121 Å². The van der Waals surface area contributed by atoms with Crippen molar-refractivity contribution in [3.8, 4) is 11.5 Å².